The highest BCUT2D eigenvalue weighted by atomic mass is 19.4. The monoisotopic (exact) mass is 407 g/mol. The molecule has 0 saturated heterocycles. The number of nitrogens with zero attached hydrogens (tertiary/aromatic N) is 2. The van der Waals surface area contributed by atoms with E-state index in [1.165, 1.54) is 26.4 Å². The Hall–Kier alpha value is -3.36. The van der Waals surface area contributed by atoms with E-state index in [0.29, 0.717) is 16.7 Å². The second-order valence-electron chi connectivity index (χ2n) is 5.80. The second kappa shape index (κ2) is 10.3. The van der Waals surface area contributed by atoms with Gasteiger partial charge in [0.2, 0.25) is 0 Å². The molecule has 0 aliphatic rings. The van der Waals surface area contributed by atoms with Crippen LogP contribution in [0.1, 0.15) is 22.3 Å². The zero-order chi connectivity index (χ0) is 21.3. The number of carbonyl (C=O) groups excluding carboxylic acids is 1. The fourth-order valence-corrected chi connectivity index (χ4v) is 2.46. The van der Waals surface area contributed by atoms with Gasteiger partial charge in [-0.15, -0.1) is 0 Å². The smallest absolute Gasteiger partial charge is 0.398 e. The molecule has 0 unspecified atom stereocenters. The molecule has 2 aromatic rings. The van der Waals surface area contributed by atoms with Gasteiger partial charge in [0.1, 0.15) is 13.7 Å². The summed E-state index contributed by atoms with van der Waals surface area (Å²) in [4.78, 5) is 21.9. The largest absolute Gasteiger partial charge is 0.416 e. The molecule has 0 fully saturated rings. The van der Waals surface area contributed by atoms with Gasteiger partial charge in [-0.1, -0.05) is 52.8 Å². The molecule has 0 aromatic heterocycles. The molecule has 0 atom stereocenters. The topological polar surface area (TPSA) is 72.3 Å². The van der Waals surface area contributed by atoms with Crippen molar-refractivity contribution < 1.29 is 27.6 Å². The summed E-state index contributed by atoms with van der Waals surface area (Å²) in [6.07, 6.45) is -2.72. The maximum absolute atomic E-state index is 12.7. The van der Waals surface area contributed by atoms with Gasteiger partial charge in [0, 0.05) is 24.6 Å². The number of rotatable bonds is 8. The van der Waals surface area contributed by atoms with Crippen LogP contribution in [0.25, 0.3) is 0 Å². The van der Waals surface area contributed by atoms with E-state index in [1.54, 1.807) is 30.3 Å². The van der Waals surface area contributed by atoms with Gasteiger partial charge in [-0.3, -0.25) is 4.79 Å². The number of amides is 1. The number of likely N-dealkylation sites (N-methyl/N-ethyl adjacent to an activating group) is 1. The Labute approximate surface area is 166 Å². The Morgan fingerprint density at radius 2 is 1.93 bits per heavy atom. The maximum atomic E-state index is 12.7. The molecule has 29 heavy (non-hydrogen) atoms. The molecule has 6 nitrogen and oxygen atoms in total. The van der Waals surface area contributed by atoms with Crippen LogP contribution >= 0.6 is 0 Å². The van der Waals surface area contributed by atoms with E-state index >= 15 is 0 Å². The lowest BCUT2D eigenvalue weighted by Crippen LogP contribution is -2.29. The standard InChI is InChI=1S/C20H20F3N3O3/c1-24-19(27)18(26-28-2)17-9-4-3-7-15(17)13-25-29-11-10-14-6-5-8-16(12-14)20(21,22)23/h3-9,12-13H,10-11H2,1-2H3,(H,24,27)/b25-13+,26-18+. The highest BCUT2D eigenvalue weighted by molar-refractivity contribution is 6.46. The third kappa shape index (κ3) is 6.34. The van der Waals surface area contributed by atoms with Crippen LogP contribution in [0.3, 0.4) is 0 Å². The molecule has 1 amide bonds. The summed E-state index contributed by atoms with van der Waals surface area (Å²) in [5.74, 6) is -0.432. The number of hydrogen-bond donors (Lipinski definition) is 1. The first kappa shape index (κ1) is 21.9. The molecule has 0 aliphatic heterocycles. The molecular weight excluding hydrogens is 387 g/mol. The van der Waals surface area contributed by atoms with E-state index in [1.807, 2.05) is 0 Å². The van der Waals surface area contributed by atoms with Crippen LogP contribution < -0.4 is 5.32 Å². The Morgan fingerprint density at radius 3 is 2.62 bits per heavy atom. The van der Waals surface area contributed by atoms with Crippen molar-refractivity contribution in [2.45, 2.75) is 12.6 Å². The number of halogens is 3. The lowest BCUT2D eigenvalue weighted by molar-refractivity contribution is -0.137. The van der Waals surface area contributed by atoms with Crippen molar-refractivity contribution in [1.82, 2.24) is 5.32 Å². The summed E-state index contributed by atoms with van der Waals surface area (Å²) in [6, 6.07) is 11.9. The van der Waals surface area contributed by atoms with E-state index in [-0.39, 0.29) is 18.7 Å². The molecule has 0 aliphatic carbocycles. The van der Waals surface area contributed by atoms with Crippen molar-refractivity contribution in [2.75, 3.05) is 20.8 Å². The number of carbonyl (C=O) groups is 1. The molecule has 0 radical (unpaired) electrons. The summed E-state index contributed by atoms with van der Waals surface area (Å²) in [6.45, 7) is 0.0917. The number of nitrogens with one attached hydrogen (secondary N) is 1. The summed E-state index contributed by atoms with van der Waals surface area (Å²) in [5.41, 5.74) is 0.905. The SMILES string of the molecule is CNC(=O)/C(=N/OC)c1ccccc1/C=N/OCCc1cccc(C(F)(F)F)c1. The van der Waals surface area contributed by atoms with Crippen LogP contribution in [0.15, 0.2) is 58.8 Å². The van der Waals surface area contributed by atoms with Crippen molar-refractivity contribution in [3.05, 3.63) is 70.8 Å². The highest BCUT2D eigenvalue weighted by Gasteiger charge is 2.30. The van der Waals surface area contributed by atoms with Crippen molar-refractivity contribution in [3.8, 4) is 0 Å². The maximum Gasteiger partial charge on any atom is 0.416 e. The van der Waals surface area contributed by atoms with Gasteiger partial charge in [0.05, 0.1) is 11.8 Å². The normalized spacial score (nSPS) is 12.1. The van der Waals surface area contributed by atoms with E-state index in [9.17, 15) is 18.0 Å². The van der Waals surface area contributed by atoms with Crippen molar-refractivity contribution in [3.63, 3.8) is 0 Å². The van der Waals surface area contributed by atoms with Crippen LogP contribution in [0.5, 0.6) is 0 Å². The molecular formula is C20H20F3N3O3. The minimum Gasteiger partial charge on any atom is -0.398 e. The average molecular weight is 407 g/mol. The first-order valence-electron chi connectivity index (χ1n) is 8.61. The molecule has 9 heteroatoms. The van der Waals surface area contributed by atoms with E-state index in [0.717, 1.165) is 12.1 Å². The molecule has 154 valence electrons. The Morgan fingerprint density at radius 1 is 1.17 bits per heavy atom. The Kier molecular flexibility index (Phi) is 7.76. The van der Waals surface area contributed by atoms with Gasteiger partial charge in [-0.05, 0) is 11.6 Å². The summed E-state index contributed by atoms with van der Waals surface area (Å²) >= 11 is 0. The third-order valence-electron chi connectivity index (χ3n) is 3.84. The van der Waals surface area contributed by atoms with Gasteiger partial charge in [0.25, 0.3) is 5.91 Å². The first-order valence-corrected chi connectivity index (χ1v) is 8.61. The van der Waals surface area contributed by atoms with Gasteiger partial charge in [0.15, 0.2) is 5.71 Å². The van der Waals surface area contributed by atoms with Gasteiger partial charge in [-0.25, -0.2) is 0 Å². The van der Waals surface area contributed by atoms with Crippen LogP contribution in [0.4, 0.5) is 13.2 Å². The molecule has 2 aromatic carbocycles. The van der Waals surface area contributed by atoms with Gasteiger partial charge in [-0.2, -0.15) is 13.2 Å². The van der Waals surface area contributed by atoms with Gasteiger partial charge < -0.3 is 15.0 Å². The second-order valence-corrected chi connectivity index (χ2v) is 5.80. The van der Waals surface area contributed by atoms with Crippen molar-refractivity contribution in [1.29, 1.82) is 0 Å². The predicted molar refractivity (Wildman–Crippen MR) is 103 cm³/mol. The number of hydrogen-bond acceptors (Lipinski definition) is 5. The van der Waals surface area contributed by atoms with Crippen LogP contribution in [-0.4, -0.2) is 38.6 Å². The predicted octanol–water partition coefficient (Wildman–Crippen LogP) is 3.40. The number of alkyl halides is 3. The zero-order valence-corrected chi connectivity index (χ0v) is 15.9. The van der Waals surface area contributed by atoms with Crippen LogP contribution in [-0.2, 0) is 27.1 Å². The fourth-order valence-electron chi connectivity index (χ4n) is 2.46. The van der Waals surface area contributed by atoms with Gasteiger partial charge >= 0.3 is 6.18 Å². The molecule has 1 N–H and O–H groups in total. The van der Waals surface area contributed by atoms with Crippen LogP contribution in [0, 0.1) is 0 Å². The third-order valence-corrected chi connectivity index (χ3v) is 3.84. The van der Waals surface area contributed by atoms with Crippen molar-refractivity contribution in [2.24, 2.45) is 10.3 Å². The minimum absolute atomic E-state index is 0.0704. The fraction of sp³-hybridized carbons (Fsp3) is 0.250. The summed E-state index contributed by atoms with van der Waals surface area (Å²) in [5, 5.41) is 10.1. The Bertz CT molecular complexity index is 896. The first-order chi connectivity index (χ1) is 13.9. The lowest BCUT2D eigenvalue weighted by Gasteiger charge is -2.08. The molecule has 0 saturated carbocycles. The zero-order valence-electron chi connectivity index (χ0n) is 15.9. The number of benzene rings is 2. The van der Waals surface area contributed by atoms with E-state index in [4.69, 9.17) is 9.68 Å². The molecule has 0 spiro atoms. The number of oxime groups is 2. The molecule has 2 rings (SSSR count). The van der Waals surface area contributed by atoms with E-state index in [2.05, 4.69) is 15.6 Å². The highest BCUT2D eigenvalue weighted by Crippen LogP contribution is 2.29. The average Bonchev–Trinajstić information content (AvgIpc) is 2.71. The van der Waals surface area contributed by atoms with Crippen molar-refractivity contribution >= 4 is 17.8 Å². The summed E-state index contributed by atoms with van der Waals surface area (Å²) in [7, 11) is 2.80. The molecule has 0 bridgehead atoms. The lowest BCUT2D eigenvalue weighted by atomic mass is 10.0. The Balaban J connectivity index is 2.03. The minimum atomic E-state index is -4.38. The molecule has 0 heterocycles. The van der Waals surface area contributed by atoms with E-state index < -0.39 is 17.6 Å². The quantitative estimate of drug-likeness (QED) is 0.414. The van der Waals surface area contributed by atoms with Crippen LogP contribution in [0.2, 0.25) is 0 Å². The summed E-state index contributed by atoms with van der Waals surface area (Å²) < 4.78 is 38.2.